The van der Waals surface area contributed by atoms with Crippen molar-refractivity contribution < 1.29 is 24.2 Å². The molecule has 3 rings (SSSR count). The van der Waals surface area contributed by atoms with Gasteiger partial charge in [-0.05, 0) is 63.8 Å². The number of aliphatic hydroxyl groups is 1. The number of unbranched alkanes of at least 4 members (excludes halogenated alkanes) is 2. The van der Waals surface area contributed by atoms with Crippen molar-refractivity contribution in [2.24, 2.45) is 0 Å². The molecule has 7 heteroatoms. The lowest BCUT2D eigenvalue weighted by Crippen LogP contribution is -2.32. The molecule has 0 aromatic heterocycles. The molecule has 1 atom stereocenters. The second-order valence-corrected chi connectivity index (χ2v) is 8.97. The van der Waals surface area contributed by atoms with Crippen molar-refractivity contribution in [3.05, 3.63) is 65.2 Å². The van der Waals surface area contributed by atoms with Crippen molar-refractivity contribution in [2.45, 2.75) is 38.6 Å². The molecule has 0 bridgehead atoms. The van der Waals surface area contributed by atoms with E-state index in [2.05, 4.69) is 6.92 Å². The van der Waals surface area contributed by atoms with Crippen molar-refractivity contribution in [1.29, 1.82) is 0 Å². The Morgan fingerprint density at radius 2 is 1.74 bits per heavy atom. The van der Waals surface area contributed by atoms with E-state index in [1.807, 2.05) is 37.2 Å². The molecule has 7 nitrogen and oxygen atoms in total. The first-order valence-corrected chi connectivity index (χ1v) is 12.2. The Labute approximate surface area is 207 Å². The van der Waals surface area contributed by atoms with Crippen LogP contribution in [0, 0.1) is 0 Å². The molecule has 188 valence electrons. The van der Waals surface area contributed by atoms with E-state index in [0.717, 1.165) is 25.8 Å². The maximum Gasteiger partial charge on any atom is 0.295 e. The Balaban J connectivity index is 1.98. The number of amides is 1. The van der Waals surface area contributed by atoms with Crippen molar-refractivity contribution in [2.75, 3.05) is 40.9 Å². The summed E-state index contributed by atoms with van der Waals surface area (Å²) in [7, 11) is 5.47. The summed E-state index contributed by atoms with van der Waals surface area (Å²) in [5.74, 6) is -0.256. The van der Waals surface area contributed by atoms with E-state index in [1.165, 1.54) is 0 Å². The van der Waals surface area contributed by atoms with Crippen LogP contribution in [0.4, 0.5) is 0 Å². The highest BCUT2D eigenvalue weighted by atomic mass is 16.5. The summed E-state index contributed by atoms with van der Waals surface area (Å²) in [6.45, 7) is 3.92. The van der Waals surface area contributed by atoms with Crippen molar-refractivity contribution in [3.8, 4) is 11.5 Å². The Morgan fingerprint density at radius 1 is 1.03 bits per heavy atom. The molecule has 0 radical (unpaired) electrons. The van der Waals surface area contributed by atoms with Gasteiger partial charge in [0.25, 0.3) is 11.7 Å². The average Bonchev–Trinajstić information content (AvgIpc) is 3.11. The molecule has 0 spiro atoms. The summed E-state index contributed by atoms with van der Waals surface area (Å²) in [5.41, 5.74) is 1.19. The van der Waals surface area contributed by atoms with Crippen molar-refractivity contribution in [1.82, 2.24) is 9.80 Å². The number of ether oxygens (including phenoxy) is 2. The number of aliphatic hydroxyl groups excluding tert-OH is 1. The van der Waals surface area contributed by atoms with Gasteiger partial charge in [-0.3, -0.25) is 9.59 Å². The normalized spacial score (nSPS) is 17.3. The zero-order chi connectivity index (χ0) is 25.4. The standard InChI is InChI=1S/C28H36N2O5/c1-5-6-9-19-35-21-15-13-20(14-16-21)26(31)24-25(22-11-7-8-12-23(22)34-4)30(28(33)27(24)32)18-10-17-29(2)3/h7-8,11-16,25,31H,5-6,9-10,17-19H2,1-4H3/b26-24-. The van der Waals surface area contributed by atoms with Gasteiger partial charge in [-0.25, -0.2) is 0 Å². The number of benzene rings is 2. The van der Waals surface area contributed by atoms with Gasteiger partial charge in [-0.2, -0.15) is 0 Å². The van der Waals surface area contributed by atoms with E-state index >= 15 is 0 Å². The molecule has 1 fully saturated rings. The first-order chi connectivity index (χ1) is 16.9. The van der Waals surface area contributed by atoms with Crippen LogP contribution in [0.2, 0.25) is 0 Å². The molecule has 2 aromatic carbocycles. The van der Waals surface area contributed by atoms with Gasteiger partial charge < -0.3 is 24.4 Å². The molecule has 0 aliphatic carbocycles. The van der Waals surface area contributed by atoms with E-state index in [1.54, 1.807) is 42.3 Å². The maximum atomic E-state index is 13.2. The zero-order valence-corrected chi connectivity index (χ0v) is 21.1. The maximum absolute atomic E-state index is 13.2. The third-order valence-electron chi connectivity index (χ3n) is 6.12. The predicted molar refractivity (Wildman–Crippen MR) is 137 cm³/mol. The van der Waals surface area contributed by atoms with Crippen molar-refractivity contribution >= 4 is 17.4 Å². The SMILES string of the molecule is CCCCCOc1ccc(/C(O)=C2/C(=O)C(=O)N(CCCN(C)C)C2c2ccccc2OC)cc1. The number of Topliss-reactive ketones (excluding diaryl/α,β-unsaturated/α-hetero) is 1. The number of ketones is 1. The third-order valence-corrected chi connectivity index (χ3v) is 6.12. The number of carbonyl (C=O) groups is 2. The van der Waals surface area contributed by atoms with Crippen LogP contribution in [-0.4, -0.2) is 67.5 Å². The minimum absolute atomic E-state index is 0.0703. The molecular weight excluding hydrogens is 444 g/mol. The fraction of sp³-hybridized carbons (Fsp3) is 0.429. The molecule has 35 heavy (non-hydrogen) atoms. The summed E-state index contributed by atoms with van der Waals surface area (Å²) in [5, 5.41) is 11.3. The highest BCUT2D eigenvalue weighted by Crippen LogP contribution is 2.42. The molecule has 1 N–H and O–H groups in total. The second kappa shape index (κ2) is 12.4. The fourth-order valence-electron chi connectivity index (χ4n) is 4.29. The van der Waals surface area contributed by atoms with Gasteiger partial charge in [0.05, 0.1) is 25.3 Å². The van der Waals surface area contributed by atoms with Crippen LogP contribution >= 0.6 is 0 Å². The van der Waals surface area contributed by atoms with Gasteiger partial charge in [0.1, 0.15) is 17.3 Å². The van der Waals surface area contributed by atoms with E-state index in [9.17, 15) is 14.7 Å². The summed E-state index contributed by atoms with van der Waals surface area (Å²) in [6, 6.07) is 13.5. The zero-order valence-electron chi connectivity index (χ0n) is 21.1. The highest BCUT2D eigenvalue weighted by molar-refractivity contribution is 6.46. The molecule has 2 aromatic rings. The number of hydrogen-bond donors (Lipinski definition) is 1. The van der Waals surface area contributed by atoms with Crippen LogP contribution in [-0.2, 0) is 9.59 Å². The highest BCUT2D eigenvalue weighted by Gasteiger charge is 2.46. The number of carbonyl (C=O) groups excluding carboxylic acids is 2. The Bertz CT molecular complexity index is 1050. The predicted octanol–water partition coefficient (Wildman–Crippen LogP) is 4.64. The molecule has 1 amide bonds. The van der Waals surface area contributed by atoms with Crippen LogP contribution in [0.3, 0.4) is 0 Å². The summed E-state index contributed by atoms with van der Waals surface area (Å²) in [6.07, 6.45) is 3.90. The molecule has 1 aliphatic heterocycles. The average molecular weight is 481 g/mol. The number of methoxy groups -OCH3 is 1. The Hall–Kier alpha value is -3.32. The minimum Gasteiger partial charge on any atom is -0.507 e. The van der Waals surface area contributed by atoms with Crippen LogP contribution < -0.4 is 9.47 Å². The molecule has 1 saturated heterocycles. The van der Waals surface area contributed by atoms with Gasteiger partial charge in [0.2, 0.25) is 0 Å². The molecule has 1 unspecified atom stereocenters. The van der Waals surface area contributed by atoms with Gasteiger partial charge in [0.15, 0.2) is 0 Å². The smallest absolute Gasteiger partial charge is 0.295 e. The Morgan fingerprint density at radius 3 is 2.40 bits per heavy atom. The largest absolute Gasteiger partial charge is 0.507 e. The lowest BCUT2D eigenvalue weighted by atomic mass is 9.94. The Kier molecular flexibility index (Phi) is 9.32. The topological polar surface area (TPSA) is 79.3 Å². The molecular formula is C28H36N2O5. The van der Waals surface area contributed by atoms with Crippen LogP contribution in [0.15, 0.2) is 54.1 Å². The molecule has 1 aliphatic rings. The number of likely N-dealkylation sites (tertiary alicyclic amines) is 1. The monoisotopic (exact) mass is 480 g/mol. The van der Waals surface area contributed by atoms with Crippen LogP contribution in [0.25, 0.3) is 5.76 Å². The van der Waals surface area contributed by atoms with Gasteiger partial charge in [-0.15, -0.1) is 0 Å². The summed E-state index contributed by atoms with van der Waals surface area (Å²) < 4.78 is 11.3. The number of para-hydroxylation sites is 1. The number of hydrogen-bond acceptors (Lipinski definition) is 6. The summed E-state index contributed by atoms with van der Waals surface area (Å²) >= 11 is 0. The van der Waals surface area contributed by atoms with E-state index in [4.69, 9.17) is 9.47 Å². The lowest BCUT2D eigenvalue weighted by molar-refractivity contribution is -0.140. The molecule has 0 saturated carbocycles. The quantitative estimate of drug-likeness (QED) is 0.206. The first-order valence-electron chi connectivity index (χ1n) is 12.2. The van der Waals surface area contributed by atoms with Gasteiger partial charge in [-0.1, -0.05) is 38.0 Å². The number of nitrogens with zero attached hydrogens (tertiary/aromatic N) is 2. The lowest BCUT2D eigenvalue weighted by Gasteiger charge is -2.27. The third kappa shape index (κ3) is 6.22. The van der Waals surface area contributed by atoms with Crippen LogP contribution in [0.1, 0.15) is 49.8 Å². The molecule has 1 heterocycles. The summed E-state index contributed by atoms with van der Waals surface area (Å²) in [4.78, 5) is 29.9. The second-order valence-electron chi connectivity index (χ2n) is 8.97. The van der Waals surface area contributed by atoms with Crippen molar-refractivity contribution in [3.63, 3.8) is 0 Å². The van der Waals surface area contributed by atoms with E-state index in [0.29, 0.717) is 42.2 Å². The fourth-order valence-corrected chi connectivity index (χ4v) is 4.29. The minimum atomic E-state index is -0.738. The van der Waals surface area contributed by atoms with Gasteiger partial charge >= 0.3 is 0 Å². The first kappa shape index (κ1) is 26.3. The van der Waals surface area contributed by atoms with Gasteiger partial charge in [0, 0.05) is 17.7 Å². The van der Waals surface area contributed by atoms with E-state index < -0.39 is 17.7 Å². The van der Waals surface area contributed by atoms with E-state index in [-0.39, 0.29) is 11.3 Å². The number of rotatable bonds is 12. The van der Waals surface area contributed by atoms with Crippen LogP contribution in [0.5, 0.6) is 11.5 Å².